The molecule has 0 aliphatic carbocycles. The highest BCUT2D eigenvalue weighted by Crippen LogP contribution is 2.19. The van der Waals surface area contributed by atoms with Crippen LogP contribution in [0.1, 0.15) is 11.3 Å². The number of hydrogen-bond donors (Lipinski definition) is 2. The van der Waals surface area contributed by atoms with Crippen LogP contribution in [0.25, 0.3) is 0 Å². The summed E-state index contributed by atoms with van der Waals surface area (Å²) >= 11 is 0. The Balaban J connectivity index is 2.18. The first kappa shape index (κ1) is 14.1. The molecule has 0 bridgehead atoms. The summed E-state index contributed by atoms with van der Waals surface area (Å²) in [7, 11) is 1.63. The van der Waals surface area contributed by atoms with Crippen LogP contribution in [0.15, 0.2) is 42.6 Å². The minimum Gasteiger partial charge on any atom is -0.496 e. The largest absolute Gasteiger partial charge is 0.496 e. The number of carboxylic acids is 1. The summed E-state index contributed by atoms with van der Waals surface area (Å²) in [6.45, 7) is 0.624. The average molecular weight is 274 g/mol. The minimum absolute atomic E-state index is 0.303. The molecular weight excluding hydrogens is 256 g/mol. The third-order valence-electron chi connectivity index (χ3n) is 3.20. The average Bonchev–Trinajstić information content (AvgIpc) is 2.86. The fourth-order valence-corrected chi connectivity index (χ4v) is 2.12. The molecule has 2 aromatic rings. The van der Waals surface area contributed by atoms with Gasteiger partial charge in [-0.3, -0.25) is 4.79 Å². The minimum atomic E-state index is -0.991. The summed E-state index contributed by atoms with van der Waals surface area (Å²) in [6, 6.07) is 10.6. The Hall–Kier alpha value is -2.27. The maximum atomic E-state index is 10.8. The molecule has 1 aromatic heterocycles. The third kappa shape index (κ3) is 3.19. The Bertz CT molecular complexity index is 592. The van der Waals surface area contributed by atoms with Crippen LogP contribution < -0.4 is 10.5 Å². The lowest BCUT2D eigenvalue weighted by Crippen LogP contribution is -2.33. The van der Waals surface area contributed by atoms with Crippen molar-refractivity contribution in [2.45, 2.75) is 19.0 Å². The summed E-state index contributed by atoms with van der Waals surface area (Å²) in [5.41, 5.74) is 7.52. The van der Waals surface area contributed by atoms with Crippen molar-refractivity contribution in [3.63, 3.8) is 0 Å². The molecule has 1 unspecified atom stereocenters. The zero-order valence-corrected chi connectivity index (χ0v) is 11.3. The maximum absolute atomic E-state index is 10.8. The van der Waals surface area contributed by atoms with Crippen LogP contribution in [-0.2, 0) is 17.8 Å². The molecule has 1 aromatic carbocycles. The van der Waals surface area contributed by atoms with E-state index in [9.17, 15) is 4.79 Å². The standard InChI is InChI=1S/C15H18N2O3/c1-20-14-7-3-2-5-11(14)10-17-8-4-6-12(17)9-13(16)15(18)19/h2-8,13H,9-10,16H2,1H3,(H,18,19). The zero-order chi connectivity index (χ0) is 14.5. The van der Waals surface area contributed by atoms with Crippen molar-refractivity contribution >= 4 is 5.97 Å². The second kappa shape index (κ2) is 6.25. The molecule has 1 heterocycles. The maximum Gasteiger partial charge on any atom is 0.320 e. The molecule has 106 valence electrons. The van der Waals surface area contributed by atoms with Gasteiger partial charge in [-0.25, -0.2) is 0 Å². The quantitative estimate of drug-likeness (QED) is 0.836. The smallest absolute Gasteiger partial charge is 0.320 e. The molecule has 3 N–H and O–H groups in total. The first-order valence-electron chi connectivity index (χ1n) is 6.36. The van der Waals surface area contributed by atoms with Gasteiger partial charge in [-0.15, -0.1) is 0 Å². The van der Waals surface area contributed by atoms with Gasteiger partial charge in [-0.1, -0.05) is 18.2 Å². The molecule has 0 spiro atoms. The highest BCUT2D eigenvalue weighted by Gasteiger charge is 2.14. The number of hydrogen-bond acceptors (Lipinski definition) is 3. The molecule has 0 saturated carbocycles. The van der Waals surface area contributed by atoms with Gasteiger partial charge in [0, 0.05) is 23.9 Å². The summed E-state index contributed by atoms with van der Waals surface area (Å²) < 4.78 is 7.31. The number of carboxylic acid groups (broad SMARTS) is 1. The monoisotopic (exact) mass is 274 g/mol. The fraction of sp³-hybridized carbons (Fsp3) is 0.267. The molecule has 0 aliphatic rings. The van der Waals surface area contributed by atoms with Crippen molar-refractivity contribution in [1.82, 2.24) is 4.57 Å². The van der Waals surface area contributed by atoms with Gasteiger partial charge in [0.05, 0.1) is 13.7 Å². The van der Waals surface area contributed by atoms with Crippen LogP contribution in [0.2, 0.25) is 0 Å². The van der Waals surface area contributed by atoms with Gasteiger partial charge in [0.25, 0.3) is 0 Å². The SMILES string of the molecule is COc1ccccc1Cn1cccc1CC(N)C(=O)O. The number of methoxy groups -OCH3 is 1. The van der Waals surface area contributed by atoms with Crippen LogP contribution in [0.3, 0.4) is 0 Å². The third-order valence-corrected chi connectivity index (χ3v) is 3.20. The molecular formula is C15H18N2O3. The molecule has 2 rings (SSSR count). The van der Waals surface area contributed by atoms with E-state index in [0.29, 0.717) is 13.0 Å². The second-order valence-electron chi connectivity index (χ2n) is 4.59. The topological polar surface area (TPSA) is 77.5 Å². The van der Waals surface area contributed by atoms with Crippen molar-refractivity contribution in [2.24, 2.45) is 5.73 Å². The summed E-state index contributed by atoms with van der Waals surface area (Å²) in [5.74, 6) is -0.176. The van der Waals surface area contributed by atoms with E-state index in [-0.39, 0.29) is 0 Å². The van der Waals surface area contributed by atoms with Crippen LogP contribution in [0.4, 0.5) is 0 Å². The van der Waals surface area contributed by atoms with E-state index in [4.69, 9.17) is 15.6 Å². The first-order chi connectivity index (χ1) is 9.61. The molecule has 5 nitrogen and oxygen atoms in total. The van der Waals surface area contributed by atoms with Crippen molar-refractivity contribution in [1.29, 1.82) is 0 Å². The summed E-state index contributed by atoms with van der Waals surface area (Å²) in [6.07, 6.45) is 2.22. The molecule has 0 amide bonds. The number of carbonyl (C=O) groups is 1. The Morgan fingerprint density at radius 3 is 2.80 bits per heavy atom. The van der Waals surface area contributed by atoms with Gasteiger partial charge in [0.15, 0.2) is 0 Å². The lowest BCUT2D eigenvalue weighted by molar-refractivity contribution is -0.138. The van der Waals surface area contributed by atoms with Gasteiger partial charge in [-0.05, 0) is 18.2 Å². The summed E-state index contributed by atoms with van der Waals surface area (Å²) in [4.78, 5) is 10.8. The molecule has 0 radical (unpaired) electrons. The normalized spacial score (nSPS) is 12.1. The predicted molar refractivity (Wildman–Crippen MR) is 75.8 cm³/mol. The van der Waals surface area contributed by atoms with Crippen molar-refractivity contribution in [3.8, 4) is 5.75 Å². The van der Waals surface area contributed by atoms with Gasteiger partial charge in [-0.2, -0.15) is 0 Å². The number of aromatic nitrogens is 1. The van der Waals surface area contributed by atoms with E-state index < -0.39 is 12.0 Å². The lowest BCUT2D eigenvalue weighted by Gasteiger charge is -2.13. The van der Waals surface area contributed by atoms with Crippen molar-refractivity contribution in [2.75, 3.05) is 7.11 Å². The number of nitrogens with two attached hydrogens (primary N) is 1. The molecule has 0 saturated heterocycles. The highest BCUT2D eigenvalue weighted by molar-refractivity contribution is 5.73. The zero-order valence-electron chi connectivity index (χ0n) is 11.3. The number of rotatable bonds is 6. The van der Waals surface area contributed by atoms with E-state index >= 15 is 0 Å². The Labute approximate surface area is 117 Å². The Morgan fingerprint density at radius 2 is 2.10 bits per heavy atom. The fourth-order valence-electron chi connectivity index (χ4n) is 2.12. The van der Waals surface area contributed by atoms with Crippen molar-refractivity contribution < 1.29 is 14.6 Å². The molecule has 5 heteroatoms. The number of para-hydroxylation sites is 1. The molecule has 0 fully saturated rings. The predicted octanol–water partition coefficient (Wildman–Crippen LogP) is 1.50. The lowest BCUT2D eigenvalue weighted by atomic mass is 10.1. The first-order valence-corrected chi connectivity index (χ1v) is 6.36. The van der Waals surface area contributed by atoms with Crippen LogP contribution in [-0.4, -0.2) is 28.8 Å². The van der Waals surface area contributed by atoms with E-state index in [1.54, 1.807) is 7.11 Å². The molecule has 1 atom stereocenters. The molecule has 0 aliphatic heterocycles. The number of aliphatic carboxylic acids is 1. The van der Waals surface area contributed by atoms with Gasteiger partial charge >= 0.3 is 5.97 Å². The van der Waals surface area contributed by atoms with E-state index in [2.05, 4.69) is 0 Å². The second-order valence-corrected chi connectivity index (χ2v) is 4.59. The van der Waals surface area contributed by atoms with Crippen molar-refractivity contribution in [3.05, 3.63) is 53.9 Å². The van der Waals surface area contributed by atoms with Crippen LogP contribution in [0.5, 0.6) is 5.75 Å². The van der Waals surface area contributed by atoms with E-state index in [1.807, 2.05) is 47.2 Å². The van der Waals surface area contributed by atoms with Crippen LogP contribution in [0, 0.1) is 0 Å². The van der Waals surface area contributed by atoms with Gasteiger partial charge in [0.2, 0.25) is 0 Å². The van der Waals surface area contributed by atoms with E-state index in [1.165, 1.54) is 0 Å². The number of ether oxygens (including phenoxy) is 1. The van der Waals surface area contributed by atoms with Gasteiger partial charge < -0.3 is 20.1 Å². The molecule has 20 heavy (non-hydrogen) atoms. The Kier molecular flexibility index (Phi) is 4.42. The van der Waals surface area contributed by atoms with E-state index in [0.717, 1.165) is 17.0 Å². The van der Waals surface area contributed by atoms with Gasteiger partial charge in [0.1, 0.15) is 11.8 Å². The van der Waals surface area contributed by atoms with Crippen LogP contribution >= 0.6 is 0 Å². The Morgan fingerprint density at radius 1 is 1.35 bits per heavy atom. The highest BCUT2D eigenvalue weighted by atomic mass is 16.5. The number of benzene rings is 1. The number of nitrogens with zero attached hydrogens (tertiary/aromatic N) is 1. The summed E-state index contributed by atoms with van der Waals surface area (Å²) in [5, 5.41) is 8.89.